The minimum atomic E-state index is -0.471. The van der Waals surface area contributed by atoms with Gasteiger partial charge in [0.1, 0.15) is 5.76 Å². The van der Waals surface area contributed by atoms with Crippen LogP contribution in [-0.4, -0.2) is 29.8 Å². The first-order valence-corrected chi connectivity index (χ1v) is 3.86. The van der Waals surface area contributed by atoms with Crippen molar-refractivity contribution in [1.29, 1.82) is 0 Å². The summed E-state index contributed by atoms with van der Waals surface area (Å²) in [5.74, 6) is 0.472. The maximum Gasteiger partial charge on any atom is 0.360 e. The Morgan fingerprint density at radius 2 is 1.92 bits per heavy atom. The zero-order chi connectivity index (χ0) is 10.2. The van der Waals surface area contributed by atoms with Crippen molar-refractivity contribution in [2.45, 2.75) is 13.8 Å². The molecule has 0 aliphatic rings. The third-order valence-electron chi connectivity index (χ3n) is 1.82. The molecule has 1 heterocycles. The van der Waals surface area contributed by atoms with Crippen LogP contribution >= 0.6 is 0 Å². The van der Waals surface area contributed by atoms with E-state index in [0.717, 1.165) is 4.74 Å². The second kappa shape index (κ2) is 3.08. The lowest BCUT2D eigenvalue weighted by molar-refractivity contribution is 0.182. The molecule has 0 radical (unpaired) electrons. The molecule has 0 aliphatic heterocycles. The molecule has 0 aliphatic carbocycles. The number of aromatic nitrogens is 1. The molecule has 0 saturated heterocycles. The summed E-state index contributed by atoms with van der Waals surface area (Å²) in [6, 6.07) is -0.471. The van der Waals surface area contributed by atoms with Crippen molar-refractivity contribution >= 4 is 6.03 Å². The molecule has 1 aromatic rings. The van der Waals surface area contributed by atoms with Gasteiger partial charge in [-0.25, -0.2) is 4.79 Å². The van der Waals surface area contributed by atoms with Crippen LogP contribution in [0.4, 0.5) is 4.79 Å². The minimum Gasteiger partial charge on any atom is -0.372 e. The molecular weight excluding hydrogens is 172 g/mol. The molecule has 0 spiro atoms. The Labute approximate surface area is 75.5 Å². The topological polar surface area (TPSA) is 55.5 Å². The van der Waals surface area contributed by atoms with Crippen LogP contribution in [0.25, 0.3) is 0 Å². The van der Waals surface area contributed by atoms with Crippen LogP contribution in [0.15, 0.2) is 9.32 Å². The van der Waals surface area contributed by atoms with Gasteiger partial charge in [-0.05, 0) is 13.8 Å². The van der Waals surface area contributed by atoms with Gasteiger partial charge in [0.2, 0.25) is 0 Å². The first kappa shape index (κ1) is 9.57. The summed E-state index contributed by atoms with van der Waals surface area (Å²) in [5, 5.41) is 0. The normalized spacial score (nSPS) is 10.2. The third kappa shape index (κ3) is 1.49. The van der Waals surface area contributed by atoms with Crippen molar-refractivity contribution in [3.05, 3.63) is 21.7 Å². The lowest BCUT2D eigenvalue weighted by Crippen LogP contribution is -2.33. The van der Waals surface area contributed by atoms with Crippen molar-refractivity contribution < 1.29 is 9.32 Å². The van der Waals surface area contributed by atoms with E-state index in [-0.39, 0.29) is 0 Å². The Morgan fingerprint density at radius 3 is 2.23 bits per heavy atom. The highest BCUT2D eigenvalue weighted by Crippen LogP contribution is 2.01. The minimum absolute atomic E-state index is 0.392. The van der Waals surface area contributed by atoms with E-state index in [1.807, 2.05) is 0 Å². The predicted octanol–water partition coefficient (Wildman–Crippen LogP) is 0.588. The predicted molar refractivity (Wildman–Crippen MR) is 46.9 cm³/mol. The first-order chi connectivity index (χ1) is 5.95. The van der Waals surface area contributed by atoms with E-state index >= 15 is 0 Å². The van der Waals surface area contributed by atoms with Crippen molar-refractivity contribution in [2.24, 2.45) is 0 Å². The molecule has 0 fully saturated rings. The van der Waals surface area contributed by atoms with Gasteiger partial charge in [-0.2, -0.15) is 0 Å². The van der Waals surface area contributed by atoms with Gasteiger partial charge in [0.25, 0.3) is 5.56 Å². The number of aryl methyl sites for hydroxylation is 1. The lowest BCUT2D eigenvalue weighted by atomic mass is 10.3. The van der Waals surface area contributed by atoms with E-state index < -0.39 is 11.6 Å². The molecule has 0 atom stereocenters. The Morgan fingerprint density at radius 1 is 1.38 bits per heavy atom. The molecule has 0 N–H and O–H groups in total. The fourth-order valence-electron chi connectivity index (χ4n) is 0.857. The monoisotopic (exact) mass is 184 g/mol. The number of carbonyl (C=O) groups is 1. The van der Waals surface area contributed by atoms with E-state index in [1.165, 1.54) is 4.90 Å². The zero-order valence-corrected chi connectivity index (χ0v) is 8.12. The molecule has 0 bridgehead atoms. The molecule has 1 amide bonds. The second-order valence-electron chi connectivity index (χ2n) is 3.05. The smallest absolute Gasteiger partial charge is 0.360 e. The molecule has 0 aromatic carbocycles. The average molecular weight is 184 g/mol. The SMILES string of the molecule is Cc1on(C(=O)N(C)C)c(=O)c1C. The number of nitrogens with zero attached hydrogens (tertiary/aromatic N) is 2. The van der Waals surface area contributed by atoms with E-state index in [4.69, 9.17) is 4.52 Å². The Balaban J connectivity index is 3.25. The van der Waals surface area contributed by atoms with Gasteiger partial charge in [-0.3, -0.25) is 4.79 Å². The second-order valence-corrected chi connectivity index (χ2v) is 3.05. The summed E-state index contributed by atoms with van der Waals surface area (Å²) in [4.78, 5) is 24.0. The summed E-state index contributed by atoms with van der Waals surface area (Å²) >= 11 is 0. The molecular formula is C8H12N2O3. The Hall–Kier alpha value is -1.52. The van der Waals surface area contributed by atoms with Gasteiger partial charge in [0.15, 0.2) is 0 Å². The molecule has 0 unspecified atom stereocenters. The van der Waals surface area contributed by atoms with Gasteiger partial charge >= 0.3 is 6.03 Å². The zero-order valence-electron chi connectivity index (χ0n) is 8.12. The van der Waals surface area contributed by atoms with Crippen molar-refractivity contribution in [2.75, 3.05) is 14.1 Å². The standard InChI is InChI=1S/C8H12N2O3/c1-5-6(2)13-10(7(5)11)8(12)9(3)4/h1-4H3. The number of amides is 1. The van der Waals surface area contributed by atoms with Crippen LogP contribution in [0.2, 0.25) is 0 Å². The molecule has 5 heteroatoms. The number of rotatable bonds is 0. The summed E-state index contributed by atoms with van der Waals surface area (Å²) < 4.78 is 5.74. The highest BCUT2D eigenvalue weighted by molar-refractivity contribution is 5.74. The fraction of sp³-hybridized carbons (Fsp3) is 0.500. The fourth-order valence-corrected chi connectivity index (χ4v) is 0.857. The summed E-state index contributed by atoms with van der Waals surface area (Å²) in [6.45, 7) is 3.27. The molecule has 1 aromatic heterocycles. The van der Waals surface area contributed by atoms with E-state index in [0.29, 0.717) is 11.3 Å². The van der Waals surface area contributed by atoms with Crippen LogP contribution in [0.1, 0.15) is 11.3 Å². The maximum atomic E-state index is 11.4. The van der Waals surface area contributed by atoms with Crippen molar-refractivity contribution in [1.82, 2.24) is 9.64 Å². The number of hydrogen-bond donors (Lipinski definition) is 0. The van der Waals surface area contributed by atoms with Crippen LogP contribution in [0.3, 0.4) is 0 Å². The van der Waals surface area contributed by atoms with Crippen LogP contribution in [0, 0.1) is 13.8 Å². The van der Waals surface area contributed by atoms with E-state index in [9.17, 15) is 9.59 Å². The van der Waals surface area contributed by atoms with Crippen molar-refractivity contribution in [3.8, 4) is 0 Å². The first-order valence-electron chi connectivity index (χ1n) is 3.86. The molecule has 0 saturated carbocycles. The summed E-state index contributed by atoms with van der Waals surface area (Å²) in [6.07, 6.45) is 0. The van der Waals surface area contributed by atoms with E-state index in [1.54, 1.807) is 27.9 Å². The Bertz CT molecular complexity index is 387. The van der Waals surface area contributed by atoms with Gasteiger partial charge in [-0.15, -0.1) is 0 Å². The number of carbonyl (C=O) groups excluding carboxylic acids is 1. The van der Waals surface area contributed by atoms with Gasteiger partial charge in [0, 0.05) is 14.1 Å². The van der Waals surface area contributed by atoms with Crippen LogP contribution < -0.4 is 5.56 Å². The molecule has 13 heavy (non-hydrogen) atoms. The third-order valence-corrected chi connectivity index (χ3v) is 1.82. The average Bonchev–Trinajstić information content (AvgIpc) is 2.31. The van der Waals surface area contributed by atoms with Crippen LogP contribution in [-0.2, 0) is 0 Å². The highest BCUT2D eigenvalue weighted by atomic mass is 16.5. The summed E-state index contributed by atoms with van der Waals surface area (Å²) in [7, 11) is 3.12. The van der Waals surface area contributed by atoms with Crippen molar-refractivity contribution in [3.63, 3.8) is 0 Å². The quantitative estimate of drug-likeness (QED) is 0.593. The van der Waals surface area contributed by atoms with E-state index in [2.05, 4.69) is 0 Å². The van der Waals surface area contributed by atoms with Gasteiger partial charge < -0.3 is 9.42 Å². The lowest BCUT2D eigenvalue weighted by Gasteiger charge is -2.07. The number of hydrogen-bond acceptors (Lipinski definition) is 3. The Kier molecular flexibility index (Phi) is 2.27. The van der Waals surface area contributed by atoms with Gasteiger partial charge in [0.05, 0.1) is 5.56 Å². The van der Waals surface area contributed by atoms with Crippen LogP contribution in [0.5, 0.6) is 0 Å². The molecule has 5 nitrogen and oxygen atoms in total. The molecule has 1 rings (SSSR count). The highest BCUT2D eigenvalue weighted by Gasteiger charge is 2.16. The summed E-state index contributed by atoms with van der Waals surface area (Å²) in [5.41, 5.74) is 0.0754. The largest absolute Gasteiger partial charge is 0.372 e. The maximum absolute atomic E-state index is 11.4. The molecule has 72 valence electrons. The van der Waals surface area contributed by atoms with Gasteiger partial charge in [-0.1, -0.05) is 4.74 Å².